The molecule has 1 heterocycles. The third kappa shape index (κ3) is 3.17. The highest BCUT2D eigenvalue weighted by molar-refractivity contribution is 5.69. The molecule has 2 aliphatic rings. The van der Waals surface area contributed by atoms with Crippen LogP contribution < -0.4 is 5.73 Å². The number of nitrogens with two attached hydrogens (primary N) is 1. The highest BCUT2D eigenvalue weighted by Crippen LogP contribution is 2.54. The monoisotopic (exact) mass is 401 g/mol. The van der Waals surface area contributed by atoms with Crippen LogP contribution in [-0.4, -0.2) is 30.7 Å². The summed E-state index contributed by atoms with van der Waals surface area (Å²) in [5, 5.41) is 29.9. The molecule has 2 N–H and O–H groups in total. The molecule has 0 bridgehead atoms. The van der Waals surface area contributed by atoms with Gasteiger partial charge in [0.2, 0.25) is 0 Å². The molecule has 0 aromatic heterocycles. The number of benzene rings is 1. The number of carbonyl (C=O) groups excluding carboxylic acids is 1. The first-order chi connectivity index (χ1) is 14.5. The Morgan fingerprint density at radius 2 is 1.90 bits per heavy atom. The van der Waals surface area contributed by atoms with Crippen LogP contribution >= 0.6 is 0 Å². The van der Waals surface area contributed by atoms with Gasteiger partial charge in [0.15, 0.2) is 5.41 Å². The van der Waals surface area contributed by atoms with E-state index in [1.54, 1.807) is 13.0 Å². The molecular formula is C23H23N5O2. The highest BCUT2D eigenvalue weighted by atomic mass is 16.6. The van der Waals surface area contributed by atoms with Gasteiger partial charge in [-0.15, -0.1) is 0 Å². The van der Waals surface area contributed by atoms with Crippen molar-refractivity contribution in [2.45, 2.75) is 26.2 Å². The van der Waals surface area contributed by atoms with E-state index >= 15 is 0 Å². The molecule has 7 heteroatoms. The number of ether oxygens (including phenoxy) is 1. The molecule has 152 valence electrons. The van der Waals surface area contributed by atoms with Gasteiger partial charge in [-0.1, -0.05) is 37.3 Å². The van der Waals surface area contributed by atoms with E-state index in [0.29, 0.717) is 5.57 Å². The SMILES string of the molecule is CCOC(=O)N1CC=C2C(C#N)=C(N)C(C#N)(C#N)C(c3ccc(CC)cc3)C2C1. The average Bonchev–Trinajstić information content (AvgIpc) is 2.78. The van der Waals surface area contributed by atoms with E-state index in [2.05, 4.69) is 18.2 Å². The number of allylic oxidation sites excluding steroid dienone is 2. The van der Waals surface area contributed by atoms with E-state index in [1.807, 2.05) is 31.2 Å². The topological polar surface area (TPSA) is 127 Å². The summed E-state index contributed by atoms with van der Waals surface area (Å²) in [6, 6.07) is 14.0. The quantitative estimate of drug-likeness (QED) is 0.829. The van der Waals surface area contributed by atoms with Crippen molar-refractivity contribution in [3.05, 3.63) is 58.3 Å². The Labute approximate surface area is 176 Å². The molecule has 0 saturated heterocycles. The van der Waals surface area contributed by atoms with Gasteiger partial charge < -0.3 is 15.4 Å². The van der Waals surface area contributed by atoms with Crippen molar-refractivity contribution >= 4 is 6.09 Å². The number of hydrogen-bond acceptors (Lipinski definition) is 6. The van der Waals surface area contributed by atoms with Crippen LogP contribution in [0.2, 0.25) is 0 Å². The Kier molecular flexibility index (Phi) is 5.81. The Morgan fingerprint density at radius 1 is 1.23 bits per heavy atom. The summed E-state index contributed by atoms with van der Waals surface area (Å²) < 4.78 is 5.14. The van der Waals surface area contributed by atoms with E-state index in [-0.39, 0.29) is 31.0 Å². The minimum absolute atomic E-state index is 0.0216. The van der Waals surface area contributed by atoms with E-state index < -0.39 is 23.3 Å². The van der Waals surface area contributed by atoms with Crippen molar-refractivity contribution < 1.29 is 9.53 Å². The second kappa shape index (κ2) is 8.31. The predicted molar refractivity (Wildman–Crippen MR) is 109 cm³/mol. The van der Waals surface area contributed by atoms with E-state index in [4.69, 9.17) is 10.5 Å². The lowest BCUT2D eigenvalue weighted by molar-refractivity contribution is 0.0999. The molecule has 1 aromatic carbocycles. The number of hydrogen-bond donors (Lipinski definition) is 1. The molecule has 1 aromatic rings. The van der Waals surface area contributed by atoms with Crippen LogP contribution in [0.3, 0.4) is 0 Å². The second-order valence-electron chi connectivity index (χ2n) is 7.37. The zero-order chi connectivity index (χ0) is 21.9. The first-order valence-corrected chi connectivity index (χ1v) is 9.91. The molecule has 3 rings (SSSR count). The molecule has 1 aliphatic heterocycles. The van der Waals surface area contributed by atoms with Gasteiger partial charge in [-0.05, 0) is 30.0 Å². The molecule has 30 heavy (non-hydrogen) atoms. The smallest absolute Gasteiger partial charge is 0.410 e. The largest absolute Gasteiger partial charge is 0.450 e. The lowest BCUT2D eigenvalue weighted by atomic mass is 9.58. The fourth-order valence-corrected chi connectivity index (χ4v) is 4.38. The second-order valence-corrected chi connectivity index (χ2v) is 7.37. The number of fused-ring (bicyclic) bond motifs is 1. The molecule has 1 aliphatic carbocycles. The molecule has 7 nitrogen and oxygen atoms in total. The molecule has 1 amide bonds. The van der Waals surface area contributed by atoms with Crippen LogP contribution in [0.15, 0.2) is 47.2 Å². The molecular weight excluding hydrogens is 378 g/mol. The lowest BCUT2D eigenvalue weighted by Gasteiger charge is -2.45. The third-order valence-corrected chi connectivity index (χ3v) is 5.94. The third-order valence-electron chi connectivity index (χ3n) is 5.94. The van der Waals surface area contributed by atoms with Crippen LogP contribution in [0, 0.1) is 45.3 Å². The van der Waals surface area contributed by atoms with Gasteiger partial charge in [0.1, 0.15) is 6.07 Å². The first kappa shape index (κ1) is 21.0. The van der Waals surface area contributed by atoms with Gasteiger partial charge in [-0.3, -0.25) is 0 Å². The zero-order valence-corrected chi connectivity index (χ0v) is 17.1. The van der Waals surface area contributed by atoms with E-state index in [1.165, 1.54) is 4.90 Å². The van der Waals surface area contributed by atoms with Crippen molar-refractivity contribution in [3.63, 3.8) is 0 Å². The predicted octanol–water partition coefficient (Wildman–Crippen LogP) is 3.13. The summed E-state index contributed by atoms with van der Waals surface area (Å²) in [4.78, 5) is 13.9. The van der Waals surface area contributed by atoms with Gasteiger partial charge in [-0.2, -0.15) is 15.8 Å². The number of amides is 1. The van der Waals surface area contributed by atoms with Gasteiger partial charge in [0.25, 0.3) is 0 Å². The van der Waals surface area contributed by atoms with Crippen molar-refractivity contribution in [2.24, 2.45) is 17.1 Å². The average molecular weight is 401 g/mol. The van der Waals surface area contributed by atoms with Crippen LogP contribution in [-0.2, 0) is 11.2 Å². The molecule has 0 radical (unpaired) electrons. The fraction of sp³-hybridized carbons (Fsp3) is 0.391. The summed E-state index contributed by atoms with van der Waals surface area (Å²) in [6.07, 6.45) is 2.18. The normalized spacial score (nSPS) is 22.1. The maximum absolute atomic E-state index is 12.4. The Morgan fingerprint density at radius 3 is 2.43 bits per heavy atom. The van der Waals surface area contributed by atoms with Gasteiger partial charge >= 0.3 is 6.09 Å². The van der Waals surface area contributed by atoms with Crippen molar-refractivity contribution in [1.29, 1.82) is 15.8 Å². The van der Waals surface area contributed by atoms with E-state index in [0.717, 1.165) is 17.5 Å². The van der Waals surface area contributed by atoms with Crippen LogP contribution in [0.5, 0.6) is 0 Å². The van der Waals surface area contributed by atoms with Gasteiger partial charge in [0.05, 0.1) is 30.0 Å². The van der Waals surface area contributed by atoms with Crippen molar-refractivity contribution in [3.8, 4) is 18.2 Å². The standard InChI is InChI=1S/C23H23N5O2/c1-3-15-5-7-16(8-6-15)20-19-12-28(22(29)30-4-2)10-9-17(19)18(11-24)21(27)23(20,13-25)14-26/h5-9,19-20H,3-4,10,12,27H2,1-2H3. The highest BCUT2D eigenvalue weighted by Gasteiger charge is 2.54. The van der Waals surface area contributed by atoms with Crippen LogP contribution in [0.1, 0.15) is 30.9 Å². The Bertz CT molecular complexity index is 1020. The maximum Gasteiger partial charge on any atom is 0.410 e. The zero-order valence-electron chi connectivity index (χ0n) is 17.1. The van der Waals surface area contributed by atoms with Crippen LogP contribution in [0.4, 0.5) is 4.79 Å². The molecule has 0 saturated carbocycles. The molecule has 0 fully saturated rings. The van der Waals surface area contributed by atoms with Gasteiger partial charge in [-0.25, -0.2) is 4.79 Å². The summed E-state index contributed by atoms with van der Waals surface area (Å²) in [6.45, 7) is 4.53. The minimum Gasteiger partial charge on any atom is -0.450 e. The van der Waals surface area contributed by atoms with Crippen molar-refractivity contribution in [2.75, 3.05) is 19.7 Å². The molecule has 0 spiro atoms. The summed E-state index contributed by atoms with van der Waals surface area (Å²) in [7, 11) is 0. The summed E-state index contributed by atoms with van der Waals surface area (Å²) >= 11 is 0. The van der Waals surface area contributed by atoms with Crippen molar-refractivity contribution in [1.82, 2.24) is 4.90 Å². The first-order valence-electron chi connectivity index (χ1n) is 9.91. The fourth-order valence-electron chi connectivity index (χ4n) is 4.38. The number of carbonyl (C=O) groups is 1. The lowest BCUT2D eigenvalue weighted by Crippen LogP contribution is -2.49. The Balaban J connectivity index is 2.21. The van der Waals surface area contributed by atoms with Gasteiger partial charge in [0, 0.05) is 24.9 Å². The number of aryl methyl sites for hydroxylation is 1. The Hall–Kier alpha value is -3.76. The minimum atomic E-state index is -1.71. The summed E-state index contributed by atoms with van der Waals surface area (Å²) in [5.74, 6) is -1.06. The molecule has 2 unspecified atom stereocenters. The molecule has 2 atom stereocenters. The summed E-state index contributed by atoms with van der Waals surface area (Å²) in [5.41, 5.74) is 7.30. The van der Waals surface area contributed by atoms with E-state index in [9.17, 15) is 20.6 Å². The number of nitrogens with zero attached hydrogens (tertiary/aromatic N) is 4. The maximum atomic E-state index is 12.4. The van der Waals surface area contributed by atoms with Crippen LogP contribution in [0.25, 0.3) is 0 Å². The number of nitriles is 3. The number of rotatable bonds is 3.